The van der Waals surface area contributed by atoms with Crippen molar-refractivity contribution in [3.63, 3.8) is 0 Å². The molecule has 4 aromatic rings. The largest absolute Gasteiger partial charge is 0.493 e. The normalized spacial score (nSPS) is 10.8. The fraction of sp³-hybridized carbons (Fsp3) is 0.136. The van der Waals surface area contributed by atoms with Crippen molar-refractivity contribution in [1.82, 2.24) is 14.6 Å². The van der Waals surface area contributed by atoms with Gasteiger partial charge >= 0.3 is 0 Å². The monoisotopic (exact) mass is 422 g/mol. The average molecular weight is 423 g/mol. The number of fused-ring (bicyclic) bond motifs is 1. The number of amides is 1. The highest BCUT2D eigenvalue weighted by molar-refractivity contribution is 6.31. The number of nitrogens with one attached hydrogen (secondary N) is 1. The van der Waals surface area contributed by atoms with Crippen LogP contribution in [0.4, 0.5) is 5.69 Å². The molecule has 1 amide bonds. The minimum atomic E-state index is -0.343. The highest BCUT2D eigenvalue weighted by Gasteiger charge is 2.16. The molecule has 152 valence electrons. The van der Waals surface area contributed by atoms with Gasteiger partial charge in [-0.05, 0) is 48.9 Å². The smallest absolute Gasteiger partial charge is 0.276 e. The first-order chi connectivity index (χ1) is 14.5. The van der Waals surface area contributed by atoms with Crippen LogP contribution >= 0.6 is 11.6 Å². The van der Waals surface area contributed by atoms with Crippen LogP contribution in [0.5, 0.6) is 11.5 Å². The van der Waals surface area contributed by atoms with Crippen LogP contribution in [0.2, 0.25) is 5.02 Å². The average Bonchev–Trinajstić information content (AvgIpc) is 3.20. The Bertz CT molecular complexity index is 1250. The Morgan fingerprint density at radius 1 is 1.03 bits per heavy atom. The lowest BCUT2D eigenvalue weighted by atomic mass is 10.1. The molecule has 0 saturated carbocycles. The van der Waals surface area contributed by atoms with Crippen LogP contribution in [-0.4, -0.2) is 34.7 Å². The molecule has 0 aliphatic heterocycles. The number of anilines is 1. The number of aryl methyl sites for hydroxylation is 1. The summed E-state index contributed by atoms with van der Waals surface area (Å²) in [6.45, 7) is 1.90. The summed E-state index contributed by atoms with van der Waals surface area (Å²) >= 11 is 6.05. The lowest BCUT2D eigenvalue weighted by molar-refractivity contribution is 0.102. The number of ether oxygens (including phenoxy) is 2. The van der Waals surface area contributed by atoms with E-state index in [1.807, 2.05) is 37.3 Å². The molecule has 0 radical (unpaired) electrons. The maximum absolute atomic E-state index is 12.8. The van der Waals surface area contributed by atoms with Gasteiger partial charge in [-0.2, -0.15) is 5.10 Å². The highest BCUT2D eigenvalue weighted by atomic mass is 35.5. The van der Waals surface area contributed by atoms with Crippen molar-refractivity contribution in [1.29, 1.82) is 0 Å². The number of halogens is 1. The second-order valence-corrected chi connectivity index (χ2v) is 7.05. The molecule has 8 heteroatoms. The molecule has 0 atom stereocenters. The maximum Gasteiger partial charge on any atom is 0.276 e. The molecule has 7 nitrogen and oxygen atoms in total. The molecule has 30 heavy (non-hydrogen) atoms. The molecule has 0 saturated heterocycles. The summed E-state index contributed by atoms with van der Waals surface area (Å²) in [5, 5.41) is 7.87. The van der Waals surface area contributed by atoms with Gasteiger partial charge in [0.25, 0.3) is 5.91 Å². The molecular formula is C22H19ClN4O3. The van der Waals surface area contributed by atoms with Crippen molar-refractivity contribution < 1.29 is 14.3 Å². The van der Waals surface area contributed by atoms with E-state index in [4.69, 9.17) is 21.1 Å². The predicted molar refractivity (Wildman–Crippen MR) is 116 cm³/mol. The number of hydrogen-bond acceptors (Lipinski definition) is 5. The molecule has 0 unspecified atom stereocenters. The summed E-state index contributed by atoms with van der Waals surface area (Å²) in [5.41, 5.74) is 3.95. The highest BCUT2D eigenvalue weighted by Crippen LogP contribution is 2.32. The summed E-state index contributed by atoms with van der Waals surface area (Å²) < 4.78 is 12.3. The van der Waals surface area contributed by atoms with E-state index < -0.39 is 0 Å². The number of nitrogens with zero attached hydrogens (tertiary/aromatic N) is 3. The standard InChI is InChI=1S/C22H19ClN4O3/c1-13-4-6-15(23)11-16(13)25-22(28)17-12-21-24-9-8-18(27(21)26-17)14-5-7-19(29-2)20(10-14)30-3/h4-12H,1-3H3,(H,25,28). The van der Waals surface area contributed by atoms with Crippen LogP contribution in [0, 0.1) is 6.92 Å². The van der Waals surface area contributed by atoms with Gasteiger partial charge in [0.15, 0.2) is 22.8 Å². The van der Waals surface area contributed by atoms with E-state index in [1.54, 1.807) is 43.1 Å². The van der Waals surface area contributed by atoms with Gasteiger partial charge in [-0.15, -0.1) is 0 Å². The zero-order valence-electron chi connectivity index (χ0n) is 16.6. The molecule has 0 aliphatic rings. The number of carbonyl (C=O) groups excluding carboxylic acids is 1. The van der Waals surface area contributed by atoms with Crippen LogP contribution < -0.4 is 14.8 Å². The summed E-state index contributed by atoms with van der Waals surface area (Å²) in [7, 11) is 3.17. The lowest BCUT2D eigenvalue weighted by Crippen LogP contribution is -2.13. The van der Waals surface area contributed by atoms with Gasteiger partial charge in [0, 0.05) is 28.5 Å². The molecule has 2 heterocycles. The SMILES string of the molecule is COc1ccc(-c2ccnc3cc(C(=O)Nc4cc(Cl)ccc4C)nn23)cc1OC. The Kier molecular flexibility index (Phi) is 5.29. The number of benzene rings is 2. The third-order valence-electron chi connectivity index (χ3n) is 4.72. The molecule has 0 spiro atoms. The summed E-state index contributed by atoms with van der Waals surface area (Å²) in [6, 6.07) is 14.4. The summed E-state index contributed by atoms with van der Waals surface area (Å²) in [6.07, 6.45) is 1.67. The molecule has 0 aliphatic carbocycles. The second kappa shape index (κ2) is 8.04. The molecule has 0 fully saturated rings. The van der Waals surface area contributed by atoms with Crippen molar-refractivity contribution in [2.24, 2.45) is 0 Å². The van der Waals surface area contributed by atoms with Crippen LogP contribution in [-0.2, 0) is 0 Å². The third-order valence-corrected chi connectivity index (χ3v) is 4.95. The van der Waals surface area contributed by atoms with Crippen LogP contribution in [0.25, 0.3) is 16.9 Å². The van der Waals surface area contributed by atoms with Gasteiger partial charge in [-0.3, -0.25) is 4.79 Å². The maximum atomic E-state index is 12.8. The number of hydrogen-bond donors (Lipinski definition) is 1. The van der Waals surface area contributed by atoms with Gasteiger partial charge in [-0.1, -0.05) is 17.7 Å². The van der Waals surface area contributed by atoms with Gasteiger partial charge in [0.1, 0.15) is 0 Å². The minimum absolute atomic E-state index is 0.245. The Labute approximate surface area is 178 Å². The third kappa shape index (κ3) is 3.67. The zero-order valence-corrected chi connectivity index (χ0v) is 17.4. The van der Waals surface area contributed by atoms with E-state index in [0.717, 1.165) is 16.8 Å². The second-order valence-electron chi connectivity index (χ2n) is 6.61. The molecule has 2 aromatic heterocycles. The Morgan fingerprint density at radius 3 is 2.60 bits per heavy atom. The molecular weight excluding hydrogens is 404 g/mol. The van der Waals surface area contributed by atoms with E-state index >= 15 is 0 Å². The Morgan fingerprint density at radius 2 is 1.83 bits per heavy atom. The van der Waals surface area contributed by atoms with Crippen LogP contribution in [0.15, 0.2) is 54.7 Å². The number of rotatable bonds is 5. The molecule has 1 N–H and O–H groups in total. The first kappa shape index (κ1) is 19.7. The van der Waals surface area contributed by atoms with E-state index in [0.29, 0.717) is 27.9 Å². The van der Waals surface area contributed by atoms with Crippen molar-refractivity contribution in [2.75, 3.05) is 19.5 Å². The Balaban J connectivity index is 1.72. The fourth-order valence-electron chi connectivity index (χ4n) is 3.14. The summed E-state index contributed by atoms with van der Waals surface area (Å²) in [4.78, 5) is 17.1. The fourth-order valence-corrected chi connectivity index (χ4v) is 3.31. The van der Waals surface area contributed by atoms with Gasteiger partial charge in [-0.25, -0.2) is 9.50 Å². The van der Waals surface area contributed by atoms with E-state index in [-0.39, 0.29) is 11.6 Å². The molecule has 2 aromatic carbocycles. The summed E-state index contributed by atoms with van der Waals surface area (Å²) in [5.74, 6) is 0.884. The van der Waals surface area contributed by atoms with Crippen molar-refractivity contribution in [2.45, 2.75) is 6.92 Å². The van der Waals surface area contributed by atoms with E-state index in [1.165, 1.54) is 0 Å². The topological polar surface area (TPSA) is 77.8 Å². The van der Waals surface area contributed by atoms with Crippen LogP contribution in [0.1, 0.15) is 16.1 Å². The van der Waals surface area contributed by atoms with Gasteiger partial charge in [0.05, 0.1) is 19.9 Å². The minimum Gasteiger partial charge on any atom is -0.493 e. The quantitative estimate of drug-likeness (QED) is 0.507. The van der Waals surface area contributed by atoms with Gasteiger partial charge in [0.2, 0.25) is 0 Å². The van der Waals surface area contributed by atoms with Crippen molar-refractivity contribution in [3.05, 3.63) is 71.0 Å². The zero-order chi connectivity index (χ0) is 21.3. The Hall–Kier alpha value is -3.58. The number of carbonyl (C=O) groups is 1. The number of aromatic nitrogens is 3. The first-order valence-electron chi connectivity index (χ1n) is 9.15. The van der Waals surface area contributed by atoms with Crippen molar-refractivity contribution >= 4 is 28.8 Å². The first-order valence-corrected chi connectivity index (χ1v) is 9.52. The van der Waals surface area contributed by atoms with Crippen molar-refractivity contribution in [3.8, 4) is 22.8 Å². The van der Waals surface area contributed by atoms with Gasteiger partial charge < -0.3 is 14.8 Å². The number of methoxy groups -OCH3 is 2. The predicted octanol–water partition coefficient (Wildman–Crippen LogP) is 4.63. The van der Waals surface area contributed by atoms with Crippen LogP contribution in [0.3, 0.4) is 0 Å². The molecule has 0 bridgehead atoms. The lowest BCUT2D eigenvalue weighted by Gasteiger charge is -2.10. The van der Waals surface area contributed by atoms with E-state index in [9.17, 15) is 4.79 Å². The van der Waals surface area contributed by atoms with E-state index in [2.05, 4.69) is 15.4 Å². The molecule has 4 rings (SSSR count).